The Labute approximate surface area is 254 Å². The van der Waals surface area contributed by atoms with Crippen LogP contribution in [0.1, 0.15) is 103 Å². The van der Waals surface area contributed by atoms with Crippen molar-refractivity contribution in [2.24, 2.45) is 5.92 Å². The molecular formula is C31H39F2N7O4. The Kier molecular flexibility index (Phi) is 8.40. The summed E-state index contributed by atoms with van der Waals surface area (Å²) in [7, 11) is 2.17. The van der Waals surface area contributed by atoms with Crippen LogP contribution < -0.4 is 16.4 Å². The van der Waals surface area contributed by atoms with E-state index in [0.29, 0.717) is 23.2 Å². The van der Waals surface area contributed by atoms with Gasteiger partial charge < -0.3 is 16.0 Å². The van der Waals surface area contributed by atoms with Gasteiger partial charge in [0.1, 0.15) is 6.04 Å². The first-order valence-corrected chi connectivity index (χ1v) is 15.5. The van der Waals surface area contributed by atoms with Gasteiger partial charge in [0.2, 0.25) is 11.8 Å². The number of fused-ring (bicyclic) bond motifs is 1. The van der Waals surface area contributed by atoms with Crippen molar-refractivity contribution in [2.75, 3.05) is 24.6 Å². The summed E-state index contributed by atoms with van der Waals surface area (Å²) >= 11 is 0. The van der Waals surface area contributed by atoms with Gasteiger partial charge in [0.05, 0.1) is 22.9 Å². The number of anilines is 2. The monoisotopic (exact) mass is 611 g/mol. The van der Waals surface area contributed by atoms with Gasteiger partial charge in [-0.3, -0.25) is 34.1 Å². The predicted octanol–water partition coefficient (Wildman–Crippen LogP) is 3.89. The Morgan fingerprint density at radius 3 is 2.41 bits per heavy atom. The first-order valence-electron chi connectivity index (χ1n) is 15.5. The highest BCUT2D eigenvalue weighted by Crippen LogP contribution is 2.37. The van der Waals surface area contributed by atoms with Gasteiger partial charge in [0, 0.05) is 36.9 Å². The molecule has 11 nitrogen and oxygen atoms in total. The summed E-state index contributed by atoms with van der Waals surface area (Å²) < 4.78 is 27.8. The molecule has 1 saturated heterocycles. The first-order chi connectivity index (χ1) is 21.1. The lowest BCUT2D eigenvalue weighted by atomic mass is 9.84. The number of nitrogens with one attached hydrogen (secondary N) is 2. The molecule has 2 aromatic rings. The number of amides is 4. The molecule has 4 N–H and O–H groups in total. The smallest absolute Gasteiger partial charge is 0.284 e. The summed E-state index contributed by atoms with van der Waals surface area (Å²) in [5.41, 5.74) is 6.62. The van der Waals surface area contributed by atoms with E-state index in [1.54, 1.807) is 22.9 Å². The number of hydrogen-bond donors (Lipinski definition) is 3. The lowest BCUT2D eigenvalue weighted by Crippen LogP contribution is -2.54. The zero-order valence-corrected chi connectivity index (χ0v) is 24.8. The third-order valence-electron chi connectivity index (χ3n) is 9.88. The Balaban J connectivity index is 1.000. The molecule has 1 unspecified atom stereocenters. The van der Waals surface area contributed by atoms with Gasteiger partial charge in [-0.2, -0.15) is 5.10 Å². The fraction of sp³-hybridized carbons (Fsp3) is 0.581. The van der Waals surface area contributed by atoms with E-state index in [0.717, 1.165) is 62.8 Å². The molecule has 13 heteroatoms. The van der Waals surface area contributed by atoms with E-state index in [4.69, 9.17) is 5.73 Å². The fourth-order valence-electron chi connectivity index (χ4n) is 7.44. The van der Waals surface area contributed by atoms with E-state index in [2.05, 4.69) is 27.7 Å². The second-order valence-electron chi connectivity index (χ2n) is 12.7. The topological polar surface area (TPSA) is 143 Å². The molecule has 1 aromatic carbocycles. The molecule has 2 aliphatic heterocycles. The predicted molar refractivity (Wildman–Crippen MR) is 158 cm³/mol. The van der Waals surface area contributed by atoms with E-state index in [9.17, 15) is 28.0 Å². The minimum atomic E-state index is -2.66. The van der Waals surface area contributed by atoms with Crippen LogP contribution in [0.3, 0.4) is 0 Å². The molecule has 0 spiro atoms. The number of piperidine rings is 1. The summed E-state index contributed by atoms with van der Waals surface area (Å²) in [4.78, 5) is 54.0. The van der Waals surface area contributed by atoms with E-state index in [-0.39, 0.29) is 41.9 Å². The largest absolute Gasteiger partial charge is 0.396 e. The van der Waals surface area contributed by atoms with Crippen molar-refractivity contribution in [2.45, 2.75) is 94.8 Å². The fourth-order valence-corrected chi connectivity index (χ4v) is 7.44. The van der Waals surface area contributed by atoms with Crippen molar-refractivity contribution in [3.8, 4) is 0 Å². The van der Waals surface area contributed by atoms with E-state index < -0.39 is 36.1 Å². The molecule has 236 valence electrons. The Morgan fingerprint density at radius 2 is 1.75 bits per heavy atom. The van der Waals surface area contributed by atoms with Crippen LogP contribution in [0, 0.1) is 5.92 Å². The number of hydrogen-bond acceptors (Lipinski definition) is 8. The SMILES string of the molecule is CN(C[C@H]1CC[C@H](n2cc(N)c(C(F)F)n2)CC1)[C@H]1CC[C@H](Nc2cccc3c2C(=O)N(C2CCC(=O)NC2=O)C3=O)CC1. The van der Waals surface area contributed by atoms with Crippen LogP contribution in [-0.4, -0.2) is 74.9 Å². The van der Waals surface area contributed by atoms with Crippen LogP contribution in [-0.2, 0) is 9.59 Å². The Bertz CT molecular complexity index is 1450. The quantitative estimate of drug-likeness (QED) is 0.382. The van der Waals surface area contributed by atoms with Gasteiger partial charge in [0.15, 0.2) is 5.69 Å². The molecule has 3 fully saturated rings. The van der Waals surface area contributed by atoms with Crippen LogP contribution in [0.2, 0.25) is 0 Å². The van der Waals surface area contributed by atoms with Crippen molar-refractivity contribution in [1.29, 1.82) is 0 Å². The van der Waals surface area contributed by atoms with Gasteiger partial charge in [-0.05, 0) is 82.9 Å². The van der Waals surface area contributed by atoms with Crippen molar-refractivity contribution in [3.05, 3.63) is 41.2 Å². The summed E-state index contributed by atoms with van der Waals surface area (Å²) in [5.74, 6) is -1.49. The number of halogens is 2. The first kappa shape index (κ1) is 30.2. The summed E-state index contributed by atoms with van der Waals surface area (Å²) in [6.45, 7) is 0.984. The molecule has 4 aliphatic rings. The number of rotatable bonds is 8. The molecule has 2 aliphatic carbocycles. The average Bonchev–Trinajstić information content (AvgIpc) is 3.51. The maximum Gasteiger partial charge on any atom is 0.284 e. The van der Waals surface area contributed by atoms with Crippen LogP contribution in [0.4, 0.5) is 20.2 Å². The van der Waals surface area contributed by atoms with E-state index in [1.807, 2.05) is 0 Å². The lowest BCUT2D eigenvalue weighted by molar-refractivity contribution is -0.136. The standard InChI is InChI=1S/C31H39F2N7O4/c1-38(15-17-5-9-20(10-6-17)39-16-22(34)27(37-39)28(32)33)19-11-7-18(8-12-19)35-23-4-2-3-21-26(23)31(44)40(30(21)43)24-13-14-25(41)36-29(24)42/h2-4,16-20,24,28,35H,5-15,34H2,1H3,(H,36,41,42)/t17-,18-,19-,20-,24?. The van der Waals surface area contributed by atoms with E-state index >= 15 is 0 Å². The number of aromatic nitrogens is 2. The van der Waals surface area contributed by atoms with Crippen molar-refractivity contribution < 1.29 is 28.0 Å². The van der Waals surface area contributed by atoms with Crippen molar-refractivity contribution in [1.82, 2.24) is 24.9 Å². The highest BCUT2D eigenvalue weighted by molar-refractivity contribution is 6.25. The number of benzene rings is 1. The van der Waals surface area contributed by atoms with Gasteiger partial charge >= 0.3 is 0 Å². The normalized spacial score (nSPS) is 27.7. The number of carbonyl (C=O) groups is 4. The molecule has 2 saturated carbocycles. The molecule has 4 amide bonds. The lowest BCUT2D eigenvalue weighted by Gasteiger charge is -2.38. The maximum atomic E-state index is 13.4. The molecule has 0 bridgehead atoms. The highest BCUT2D eigenvalue weighted by atomic mass is 19.3. The van der Waals surface area contributed by atoms with Crippen LogP contribution >= 0.6 is 0 Å². The molecule has 0 radical (unpaired) electrons. The van der Waals surface area contributed by atoms with Gasteiger partial charge in [-0.1, -0.05) is 6.07 Å². The molecule has 6 rings (SSSR count). The third-order valence-corrected chi connectivity index (χ3v) is 9.88. The second-order valence-corrected chi connectivity index (χ2v) is 12.7. The number of imide groups is 2. The summed E-state index contributed by atoms with van der Waals surface area (Å²) in [6.07, 6.45) is 6.71. The van der Waals surface area contributed by atoms with Crippen molar-refractivity contribution in [3.63, 3.8) is 0 Å². The number of nitrogens with zero attached hydrogens (tertiary/aromatic N) is 4. The highest BCUT2D eigenvalue weighted by Gasteiger charge is 2.46. The van der Waals surface area contributed by atoms with Gasteiger partial charge in [-0.25, -0.2) is 8.78 Å². The summed E-state index contributed by atoms with van der Waals surface area (Å²) in [5, 5.41) is 9.79. The molecule has 3 heterocycles. The number of carbonyl (C=O) groups excluding carboxylic acids is 4. The minimum Gasteiger partial charge on any atom is -0.396 e. The van der Waals surface area contributed by atoms with Gasteiger partial charge in [0.25, 0.3) is 18.2 Å². The third kappa shape index (κ3) is 5.81. The van der Waals surface area contributed by atoms with Crippen LogP contribution in [0.5, 0.6) is 0 Å². The number of alkyl halides is 2. The Hall–Kier alpha value is -3.87. The molecule has 44 heavy (non-hydrogen) atoms. The van der Waals surface area contributed by atoms with Crippen LogP contribution in [0.15, 0.2) is 24.4 Å². The Morgan fingerprint density at radius 1 is 1.02 bits per heavy atom. The van der Waals surface area contributed by atoms with E-state index in [1.165, 1.54) is 6.20 Å². The van der Waals surface area contributed by atoms with Gasteiger partial charge in [-0.15, -0.1) is 0 Å². The zero-order chi connectivity index (χ0) is 31.1. The molecule has 1 aromatic heterocycles. The number of nitrogen functional groups attached to an aromatic ring is 1. The van der Waals surface area contributed by atoms with Crippen LogP contribution in [0.25, 0.3) is 0 Å². The minimum absolute atomic E-state index is 0.0536. The number of nitrogens with two attached hydrogens (primary N) is 1. The molecular weight excluding hydrogens is 572 g/mol. The second kappa shape index (κ2) is 12.3. The maximum absolute atomic E-state index is 13.4. The zero-order valence-electron chi connectivity index (χ0n) is 24.8. The summed E-state index contributed by atoms with van der Waals surface area (Å²) in [6, 6.07) is 4.86. The average molecular weight is 612 g/mol. The van der Waals surface area contributed by atoms with Crippen molar-refractivity contribution >= 4 is 35.0 Å². The molecule has 1 atom stereocenters.